The molecule has 0 radical (unpaired) electrons. The number of aliphatic hydroxyl groups is 2. The van der Waals surface area contributed by atoms with Crippen molar-refractivity contribution in [3.05, 3.63) is 11.6 Å². The first-order valence-electron chi connectivity index (χ1n) is 16.8. The summed E-state index contributed by atoms with van der Waals surface area (Å²) in [5.41, 5.74) is 1.91. The van der Waals surface area contributed by atoms with E-state index < -0.39 is 6.16 Å². The van der Waals surface area contributed by atoms with Crippen LogP contribution in [-0.4, -0.2) is 85.3 Å². The molecule has 2 heterocycles. The second kappa shape index (κ2) is 13.0. The van der Waals surface area contributed by atoms with Gasteiger partial charge in [0.25, 0.3) is 0 Å². The van der Waals surface area contributed by atoms with Gasteiger partial charge in [-0.15, -0.1) is 0 Å². The Kier molecular flexibility index (Phi) is 10.0. The highest BCUT2D eigenvalue weighted by Crippen LogP contribution is 2.64. The Balaban J connectivity index is 1.17. The van der Waals surface area contributed by atoms with Gasteiger partial charge in [-0.3, -0.25) is 4.90 Å². The number of hydrogen-bond acceptors (Lipinski definition) is 8. The van der Waals surface area contributed by atoms with Crippen LogP contribution in [0.3, 0.4) is 0 Å². The minimum absolute atomic E-state index is 0.00376. The molecule has 3 aliphatic carbocycles. The van der Waals surface area contributed by atoms with Crippen molar-refractivity contribution < 1.29 is 34.0 Å². The average molecular weight is 592 g/mol. The van der Waals surface area contributed by atoms with E-state index in [1.165, 1.54) is 31.3 Å². The van der Waals surface area contributed by atoms with Crippen LogP contribution in [0.25, 0.3) is 0 Å². The molecule has 10 atom stereocenters. The lowest BCUT2D eigenvalue weighted by Crippen LogP contribution is -2.50. The zero-order chi connectivity index (χ0) is 30.1. The molecule has 0 aromatic heterocycles. The van der Waals surface area contributed by atoms with Gasteiger partial charge in [-0.1, -0.05) is 39.3 Å². The second-order valence-electron chi connectivity index (χ2n) is 14.9. The molecule has 0 bridgehead atoms. The Morgan fingerprint density at radius 1 is 1.05 bits per heavy atom. The SMILES string of the molecule is C[C@H]1CC[C@]2(OC1)O[C@@H](C)[C@@H]([C@@]1(C)CC[C@H]3[C@@H](CC=C4C[C@@H](OC(=O)OCCN(CCO)CCO)CC[C@@]43C)C1)[C@@H]2C. The van der Waals surface area contributed by atoms with Gasteiger partial charge in [0.05, 0.1) is 25.9 Å². The van der Waals surface area contributed by atoms with E-state index in [1.54, 1.807) is 0 Å². The van der Waals surface area contributed by atoms with Crippen molar-refractivity contribution in [2.75, 3.05) is 46.1 Å². The maximum absolute atomic E-state index is 12.5. The van der Waals surface area contributed by atoms with Crippen molar-refractivity contribution in [3.63, 3.8) is 0 Å². The monoisotopic (exact) mass is 591 g/mol. The van der Waals surface area contributed by atoms with Crippen molar-refractivity contribution in [1.82, 2.24) is 4.90 Å². The summed E-state index contributed by atoms with van der Waals surface area (Å²) in [7, 11) is 0. The molecule has 1 spiro atoms. The molecule has 0 amide bonds. The molecule has 2 saturated heterocycles. The molecule has 5 rings (SSSR count). The normalized spacial score (nSPS) is 43.5. The van der Waals surface area contributed by atoms with Crippen LogP contribution in [0.2, 0.25) is 0 Å². The zero-order valence-corrected chi connectivity index (χ0v) is 26.8. The summed E-state index contributed by atoms with van der Waals surface area (Å²) in [4.78, 5) is 14.3. The van der Waals surface area contributed by atoms with E-state index in [-0.39, 0.29) is 48.6 Å². The molecular weight excluding hydrogens is 534 g/mol. The lowest BCUT2D eigenvalue weighted by atomic mass is 9.48. The van der Waals surface area contributed by atoms with Crippen molar-refractivity contribution in [2.24, 2.45) is 40.4 Å². The van der Waals surface area contributed by atoms with Crippen molar-refractivity contribution in [3.8, 4) is 0 Å². The third kappa shape index (κ3) is 6.30. The predicted molar refractivity (Wildman–Crippen MR) is 161 cm³/mol. The smallest absolute Gasteiger partial charge is 0.433 e. The standard InChI is InChI=1S/C34H57NO7/c1-23-8-13-34(40-22-23)24(2)30(25(3)42-34)32(4)11-10-29-26(21-32)6-7-27-20-28(9-12-33(27,29)5)41-31(38)39-19-16-35(14-17-36)15-18-37/h7,23-26,28-30,36-37H,6,8-22H2,1-5H3/t23-,24-,25-,26-,28-,29-,30-,32-,33-,34-/m0/s1. The molecule has 8 nitrogen and oxygen atoms in total. The molecule has 2 saturated carbocycles. The Morgan fingerprint density at radius 3 is 2.50 bits per heavy atom. The first kappa shape index (κ1) is 32.2. The highest BCUT2D eigenvalue weighted by atomic mass is 16.7. The predicted octanol–water partition coefficient (Wildman–Crippen LogP) is 5.55. The maximum Gasteiger partial charge on any atom is 0.508 e. The van der Waals surface area contributed by atoms with Gasteiger partial charge in [0.1, 0.15) is 12.7 Å². The second-order valence-corrected chi connectivity index (χ2v) is 14.9. The number of aliphatic hydroxyl groups excluding tert-OH is 2. The van der Waals surface area contributed by atoms with Crippen molar-refractivity contribution >= 4 is 6.16 Å². The minimum Gasteiger partial charge on any atom is -0.433 e. The molecule has 2 N–H and O–H groups in total. The van der Waals surface area contributed by atoms with Crippen LogP contribution in [0.4, 0.5) is 4.79 Å². The molecule has 0 aromatic carbocycles. The summed E-state index contributed by atoms with van der Waals surface area (Å²) < 4.78 is 24.3. The highest BCUT2D eigenvalue weighted by molar-refractivity contribution is 5.60. The van der Waals surface area contributed by atoms with Gasteiger partial charge in [-0.25, -0.2) is 4.79 Å². The van der Waals surface area contributed by atoms with E-state index in [0.29, 0.717) is 49.2 Å². The fourth-order valence-electron chi connectivity index (χ4n) is 10.0. The Bertz CT molecular complexity index is 958. The first-order valence-corrected chi connectivity index (χ1v) is 16.8. The average Bonchev–Trinajstić information content (AvgIpc) is 3.19. The van der Waals surface area contributed by atoms with Gasteiger partial charge in [0.2, 0.25) is 0 Å². The molecule has 0 unspecified atom stereocenters. The summed E-state index contributed by atoms with van der Waals surface area (Å²) >= 11 is 0. The third-order valence-corrected chi connectivity index (χ3v) is 12.2. The summed E-state index contributed by atoms with van der Waals surface area (Å²) in [6.07, 6.45) is 11.7. The number of hydrogen-bond donors (Lipinski definition) is 2. The summed E-state index contributed by atoms with van der Waals surface area (Å²) in [5, 5.41) is 18.3. The highest BCUT2D eigenvalue weighted by Gasteiger charge is 2.60. The Hall–Kier alpha value is -1.19. The Labute approximate surface area is 253 Å². The number of allylic oxidation sites excluding steroid dienone is 1. The van der Waals surface area contributed by atoms with Crippen LogP contribution < -0.4 is 0 Å². The number of ether oxygens (including phenoxy) is 4. The molecule has 240 valence electrons. The fourth-order valence-corrected chi connectivity index (χ4v) is 10.0. The molecule has 5 aliphatic rings. The topological polar surface area (TPSA) is 97.7 Å². The molecule has 2 aliphatic heterocycles. The van der Waals surface area contributed by atoms with E-state index in [9.17, 15) is 4.79 Å². The largest absolute Gasteiger partial charge is 0.508 e. The number of fused-ring (bicyclic) bond motifs is 3. The summed E-state index contributed by atoms with van der Waals surface area (Å²) in [6, 6.07) is 0. The van der Waals surface area contributed by atoms with Crippen LogP contribution in [0, 0.1) is 40.4 Å². The number of nitrogens with zero attached hydrogens (tertiary/aromatic N) is 1. The van der Waals surface area contributed by atoms with Crippen LogP contribution in [0.5, 0.6) is 0 Å². The summed E-state index contributed by atoms with van der Waals surface area (Å²) in [5.74, 6) is 2.51. The van der Waals surface area contributed by atoms with E-state index in [2.05, 4.69) is 40.7 Å². The molecule has 4 fully saturated rings. The van der Waals surface area contributed by atoms with Gasteiger partial charge in [0, 0.05) is 38.4 Å². The van der Waals surface area contributed by atoms with Gasteiger partial charge < -0.3 is 29.2 Å². The van der Waals surface area contributed by atoms with E-state index in [0.717, 1.165) is 38.7 Å². The lowest BCUT2D eigenvalue weighted by molar-refractivity contribution is -0.267. The van der Waals surface area contributed by atoms with Crippen LogP contribution in [0.1, 0.15) is 92.4 Å². The van der Waals surface area contributed by atoms with Crippen molar-refractivity contribution in [2.45, 2.75) is 110 Å². The number of carbonyl (C=O) groups is 1. The summed E-state index contributed by atoms with van der Waals surface area (Å²) in [6.45, 7) is 14.3. The van der Waals surface area contributed by atoms with Crippen LogP contribution >= 0.6 is 0 Å². The minimum atomic E-state index is -0.615. The zero-order valence-electron chi connectivity index (χ0n) is 26.8. The quantitative estimate of drug-likeness (QED) is 0.266. The van der Waals surface area contributed by atoms with Crippen LogP contribution in [0.15, 0.2) is 11.6 Å². The molecule has 42 heavy (non-hydrogen) atoms. The van der Waals surface area contributed by atoms with E-state index in [1.807, 2.05) is 4.90 Å². The van der Waals surface area contributed by atoms with Crippen LogP contribution in [-0.2, 0) is 18.9 Å². The first-order chi connectivity index (χ1) is 20.0. The fraction of sp³-hybridized carbons (Fsp3) is 0.912. The number of rotatable bonds is 9. The van der Waals surface area contributed by atoms with Gasteiger partial charge in [0.15, 0.2) is 5.79 Å². The molecule has 0 aromatic rings. The number of carbonyl (C=O) groups excluding carboxylic acids is 1. The van der Waals surface area contributed by atoms with Crippen molar-refractivity contribution in [1.29, 1.82) is 0 Å². The third-order valence-electron chi connectivity index (χ3n) is 12.2. The maximum atomic E-state index is 12.5. The van der Waals surface area contributed by atoms with E-state index in [4.69, 9.17) is 29.2 Å². The van der Waals surface area contributed by atoms with E-state index >= 15 is 0 Å². The van der Waals surface area contributed by atoms with Gasteiger partial charge >= 0.3 is 6.16 Å². The van der Waals surface area contributed by atoms with Gasteiger partial charge in [-0.2, -0.15) is 0 Å². The molecule has 8 heteroatoms. The van der Waals surface area contributed by atoms with Gasteiger partial charge in [-0.05, 0) is 86.4 Å². The molecular formula is C34H57NO7. The lowest BCUT2D eigenvalue weighted by Gasteiger charge is -2.57. The Morgan fingerprint density at radius 2 is 1.81 bits per heavy atom.